The molecule has 102 valence electrons. The van der Waals surface area contributed by atoms with Gasteiger partial charge in [-0.2, -0.15) is 0 Å². The smallest absolute Gasteiger partial charge is 0.168 e. The highest BCUT2D eigenvalue weighted by atomic mass is 32.1. The molecule has 5 nitrogen and oxygen atoms in total. The van der Waals surface area contributed by atoms with Gasteiger partial charge in [-0.3, -0.25) is 0 Å². The number of hydrogen-bond donors (Lipinski definition) is 3. The van der Waals surface area contributed by atoms with Crippen LogP contribution in [0.15, 0.2) is 22.7 Å². The standard InChI is InChI=1S/C12H21N3O2S/c1-3-10(11-5-4-8-18-11)14-6-7-17-9(2)12(13)15-16/h4-5,8-10,14,16H,3,6-7H2,1-2H3,(H2,13,15). The molecule has 0 aliphatic heterocycles. The van der Waals surface area contributed by atoms with Gasteiger partial charge in [-0.15, -0.1) is 11.3 Å². The Hall–Kier alpha value is -1.11. The van der Waals surface area contributed by atoms with E-state index in [9.17, 15) is 0 Å². The minimum absolute atomic E-state index is 0.0975. The second kappa shape index (κ2) is 8.07. The molecule has 0 aliphatic rings. The maximum atomic E-state index is 8.48. The van der Waals surface area contributed by atoms with Gasteiger partial charge in [-0.25, -0.2) is 0 Å². The summed E-state index contributed by atoms with van der Waals surface area (Å²) >= 11 is 1.75. The SMILES string of the molecule is CCC(NCCOC(C)/C(N)=N/O)c1cccs1. The first-order valence-electron chi connectivity index (χ1n) is 6.04. The third-order valence-corrected chi connectivity index (χ3v) is 3.67. The first kappa shape index (κ1) is 14.9. The Morgan fingerprint density at radius 2 is 2.44 bits per heavy atom. The lowest BCUT2D eigenvalue weighted by Gasteiger charge is -2.17. The molecule has 0 aromatic carbocycles. The quantitative estimate of drug-likeness (QED) is 0.222. The molecule has 4 N–H and O–H groups in total. The molecule has 0 radical (unpaired) electrons. The molecule has 0 amide bonds. The van der Waals surface area contributed by atoms with E-state index in [4.69, 9.17) is 15.7 Å². The van der Waals surface area contributed by atoms with Gasteiger partial charge < -0.3 is 21.0 Å². The molecule has 6 heteroatoms. The van der Waals surface area contributed by atoms with Crippen LogP contribution >= 0.6 is 11.3 Å². The average Bonchev–Trinajstić information content (AvgIpc) is 2.91. The molecule has 2 atom stereocenters. The Morgan fingerprint density at radius 3 is 3.00 bits per heavy atom. The van der Waals surface area contributed by atoms with Gasteiger partial charge in [0.05, 0.1) is 6.61 Å². The van der Waals surface area contributed by atoms with Crippen LogP contribution < -0.4 is 11.1 Å². The summed E-state index contributed by atoms with van der Waals surface area (Å²) in [6.45, 7) is 5.17. The molecular formula is C12H21N3O2S. The van der Waals surface area contributed by atoms with E-state index in [1.54, 1.807) is 18.3 Å². The topological polar surface area (TPSA) is 79.9 Å². The summed E-state index contributed by atoms with van der Waals surface area (Å²) in [6.07, 6.45) is 0.676. The summed E-state index contributed by atoms with van der Waals surface area (Å²) in [5.41, 5.74) is 5.42. The second-order valence-corrected chi connectivity index (χ2v) is 4.95. The van der Waals surface area contributed by atoms with E-state index in [1.165, 1.54) is 4.88 Å². The maximum Gasteiger partial charge on any atom is 0.168 e. The number of nitrogens with two attached hydrogens (primary N) is 1. The van der Waals surface area contributed by atoms with Crippen LogP contribution in [0.5, 0.6) is 0 Å². The number of ether oxygens (including phenoxy) is 1. The summed E-state index contributed by atoms with van der Waals surface area (Å²) in [6, 6.07) is 4.56. The van der Waals surface area contributed by atoms with Crippen LogP contribution in [0, 0.1) is 0 Å². The van der Waals surface area contributed by atoms with Crippen molar-refractivity contribution in [2.24, 2.45) is 10.9 Å². The number of thiophene rings is 1. The lowest BCUT2D eigenvalue weighted by atomic mass is 10.2. The Labute approximate surface area is 112 Å². The normalized spacial score (nSPS) is 15.6. The fourth-order valence-corrected chi connectivity index (χ4v) is 2.46. The van der Waals surface area contributed by atoms with E-state index in [0.29, 0.717) is 12.6 Å². The molecule has 1 aromatic rings. The number of nitrogens with one attached hydrogen (secondary N) is 1. The van der Waals surface area contributed by atoms with Crippen molar-refractivity contribution in [3.8, 4) is 0 Å². The van der Waals surface area contributed by atoms with Crippen LogP contribution in [0.2, 0.25) is 0 Å². The molecule has 0 fully saturated rings. The van der Waals surface area contributed by atoms with Gasteiger partial charge in [0.25, 0.3) is 0 Å². The third kappa shape index (κ3) is 4.64. The first-order chi connectivity index (χ1) is 8.69. The molecular weight excluding hydrogens is 250 g/mol. The fraction of sp³-hybridized carbons (Fsp3) is 0.583. The van der Waals surface area contributed by atoms with Crippen LogP contribution in [0.3, 0.4) is 0 Å². The van der Waals surface area contributed by atoms with Gasteiger partial charge in [0.2, 0.25) is 0 Å². The van der Waals surface area contributed by atoms with Gasteiger partial charge in [0, 0.05) is 17.5 Å². The van der Waals surface area contributed by atoms with E-state index in [-0.39, 0.29) is 11.9 Å². The molecule has 18 heavy (non-hydrogen) atoms. The van der Waals surface area contributed by atoms with Gasteiger partial charge in [0.1, 0.15) is 6.10 Å². The molecule has 0 bridgehead atoms. The van der Waals surface area contributed by atoms with E-state index in [1.807, 2.05) is 0 Å². The maximum absolute atomic E-state index is 8.48. The Bertz CT molecular complexity index is 354. The van der Waals surface area contributed by atoms with Crippen molar-refractivity contribution in [3.63, 3.8) is 0 Å². The molecule has 0 spiro atoms. The minimum atomic E-state index is -0.362. The van der Waals surface area contributed by atoms with Crippen LogP contribution in [-0.2, 0) is 4.74 Å². The fourth-order valence-electron chi connectivity index (χ4n) is 1.57. The summed E-state index contributed by atoms with van der Waals surface area (Å²) in [4.78, 5) is 1.34. The van der Waals surface area contributed by atoms with E-state index in [0.717, 1.165) is 13.0 Å². The van der Waals surface area contributed by atoms with Crippen molar-refractivity contribution in [2.75, 3.05) is 13.2 Å². The molecule has 1 rings (SSSR count). The van der Waals surface area contributed by atoms with Crippen molar-refractivity contribution in [1.82, 2.24) is 5.32 Å². The Kier molecular flexibility index (Phi) is 6.70. The highest BCUT2D eigenvalue weighted by Crippen LogP contribution is 2.21. The van der Waals surface area contributed by atoms with Gasteiger partial charge in [-0.1, -0.05) is 18.1 Å². The second-order valence-electron chi connectivity index (χ2n) is 3.97. The highest BCUT2D eigenvalue weighted by Gasteiger charge is 2.10. The van der Waals surface area contributed by atoms with Crippen LogP contribution in [0.25, 0.3) is 0 Å². The number of oxime groups is 1. The summed E-state index contributed by atoms with van der Waals surface area (Å²) in [5.74, 6) is 0.0975. The van der Waals surface area contributed by atoms with Gasteiger partial charge in [0.15, 0.2) is 5.84 Å². The lowest BCUT2D eigenvalue weighted by Crippen LogP contribution is -2.32. The van der Waals surface area contributed by atoms with E-state index in [2.05, 4.69) is 34.9 Å². The zero-order valence-electron chi connectivity index (χ0n) is 10.8. The lowest BCUT2D eigenvalue weighted by molar-refractivity contribution is 0.106. The number of hydrogen-bond acceptors (Lipinski definition) is 5. The summed E-state index contributed by atoms with van der Waals surface area (Å²) < 4.78 is 5.43. The van der Waals surface area contributed by atoms with Crippen LogP contribution in [0.4, 0.5) is 0 Å². The highest BCUT2D eigenvalue weighted by molar-refractivity contribution is 7.10. The molecule has 0 saturated carbocycles. The third-order valence-electron chi connectivity index (χ3n) is 2.69. The van der Waals surface area contributed by atoms with Crippen molar-refractivity contribution < 1.29 is 9.94 Å². The van der Waals surface area contributed by atoms with Crippen molar-refractivity contribution in [2.45, 2.75) is 32.4 Å². The monoisotopic (exact) mass is 271 g/mol. The zero-order chi connectivity index (χ0) is 13.4. The van der Waals surface area contributed by atoms with Crippen molar-refractivity contribution >= 4 is 17.2 Å². The number of rotatable bonds is 8. The average molecular weight is 271 g/mol. The van der Waals surface area contributed by atoms with Crippen LogP contribution in [-0.4, -0.2) is 30.3 Å². The van der Waals surface area contributed by atoms with E-state index >= 15 is 0 Å². The van der Waals surface area contributed by atoms with Crippen molar-refractivity contribution in [1.29, 1.82) is 0 Å². The number of amidine groups is 1. The van der Waals surface area contributed by atoms with Gasteiger partial charge >= 0.3 is 0 Å². The molecule has 2 unspecified atom stereocenters. The minimum Gasteiger partial charge on any atom is -0.409 e. The Morgan fingerprint density at radius 1 is 1.67 bits per heavy atom. The Balaban J connectivity index is 2.25. The largest absolute Gasteiger partial charge is 0.409 e. The molecule has 0 saturated heterocycles. The summed E-state index contributed by atoms with van der Waals surface area (Å²) in [7, 11) is 0. The number of nitrogens with zero attached hydrogens (tertiary/aromatic N) is 1. The van der Waals surface area contributed by atoms with Gasteiger partial charge in [-0.05, 0) is 24.8 Å². The summed E-state index contributed by atoms with van der Waals surface area (Å²) in [5, 5.41) is 16.9. The van der Waals surface area contributed by atoms with E-state index < -0.39 is 0 Å². The predicted octanol–water partition coefficient (Wildman–Crippen LogP) is 1.94. The molecule has 1 aromatic heterocycles. The zero-order valence-corrected chi connectivity index (χ0v) is 11.6. The predicted molar refractivity (Wildman–Crippen MR) is 74.2 cm³/mol. The first-order valence-corrected chi connectivity index (χ1v) is 6.92. The molecule has 0 aliphatic carbocycles. The van der Waals surface area contributed by atoms with Crippen LogP contribution in [0.1, 0.15) is 31.2 Å². The van der Waals surface area contributed by atoms with Crippen molar-refractivity contribution in [3.05, 3.63) is 22.4 Å². The molecule has 1 heterocycles.